The van der Waals surface area contributed by atoms with Gasteiger partial charge >= 0.3 is 5.97 Å². The summed E-state index contributed by atoms with van der Waals surface area (Å²) in [6.07, 6.45) is 7.32. The second-order valence-electron chi connectivity index (χ2n) is 8.25. The lowest BCUT2D eigenvalue weighted by molar-refractivity contribution is 0.0734. The molecule has 3 rings (SSSR count). The number of rotatable bonds is 12. The van der Waals surface area contributed by atoms with Gasteiger partial charge in [0.2, 0.25) is 0 Å². The lowest BCUT2D eigenvalue weighted by Crippen LogP contribution is -2.09. The standard InChI is InChI=1S/C29H32O4/c1-3-4-5-6-7-8-21-32-26-17-15-25(16-18-26)29(31)33-27-19-13-24(14-20-27)28(30)23-11-9-22(2)10-12-23/h9-20H,3-8,21H2,1-2H3. The van der Waals surface area contributed by atoms with Crippen LogP contribution in [0.15, 0.2) is 72.8 Å². The summed E-state index contributed by atoms with van der Waals surface area (Å²) in [5.41, 5.74) is 2.72. The van der Waals surface area contributed by atoms with Gasteiger partial charge in [-0.2, -0.15) is 0 Å². The molecular weight excluding hydrogens is 412 g/mol. The number of ketones is 1. The molecule has 0 bridgehead atoms. The van der Waals surface area contributed by atoms with Crippen LogP contribution in [0.25, 0.3) is 0 Å². The Balaban J connectivity index is 1.47. The maximum atomic E-state index is 12.6. The van der Waals surface area contributed by atoms with Crippen molar-refractivity contribution in [3.05, 3.63) is 95.1 Å². The van der Waals surface area contributed by atoms with Crippen LogP contribution in [0.2, 0.25) is 0 Å². The number of esters is 1. The zero-order valence-corrected chi connectivity index (χ0v) is 19.5. The van der Waals surface area contributed by atoms with Crippen molar-refractivity contribution in [3.8, 4) is 11.5 Å². The van der Waals surface area contributed by atoms with E-state index in [0.717, 1.165) is 17.7 Å². The average Bonchev–Trinajstić information content (AvgIpc) is 2.84. The van der Waals surface area contributed by atoms with E-state index in [0.29, 0.717) is 29.0 Å². The molecule has 0 saturated heterocycles. The van der Waals surface area contributed by atoms with Crippen LogP contribution in [-0.4, -0.2) is 18.4 Å². The van der Waals surface area contributed by atoms with E-state index in [1.807, 2.05) is 31.2 Å². The van der Waals surface area contributed by atoms with E-state index >= 15 is 0 Å². The van der Waals surface area contributed by atoms with Crippen LogP contribution >= 0.6 is 0 Å². The molecule has 0 radical (unpaired) electrons. The largest absolute Gasteiger partial charge is 0.494 e. The average molecular weight is 445 g/mol. The van der Waals surface area contributed by atoms with Gasteiger partial charge in [0.25, 0.3) is 0 Å². The smallest absolute Gasteiger partial charge is 0.343 e. The van der Waals surface area contributed by atoms with E-state index in [-0.39, 0.29) is 5.78 Å². The summed E-state index contributed by atoms with van der Waals surface area (Å²) in [6.45, 7) is 4.88. The van der Waals surface area contributed by atoms with Crippen molar-refractivity contribution in [2.45, 2.75) is 52.4 Å². The Morgan fingerprint density at radius 2 is 1.15 bits per heavy atom. The highest BCUT2D eigenvalue weighted by atomic mass is 16.5. The van der Waals surface area contributed by atoms with Gasteiger partial charge in [0, 0.05) is 11.1 Å². The van der Waals surface area contributed by atoms with Crippen molar-refractivity contribution >= 4 is 11.8 Å². The molecule has 0 atom stereocenters. The number of hydrogen-bond donors (Lipinski definition) is 0. The van der Waals surface area contributed by atoms with Gasteiger partial charge in [0.05, 0.1) is 12.2 Å². The Bertz CT molecular complexity index is 1020. The Morgan fingerprint density at radius 1 is 0.636 bits per heavy atom. The second kappa shape index (κ2) is 12.6. The van der Waals surface area contributed by atoms with Gasteiger partial charge in [-0.3, -0.25) is 4.79 Å². The van der Waals surface area contributed by atoms with Crippen LogP contribution in [0.4, 0.5) is 0 Å². The third-order valence-electron chi connectivity index (χ3n) is 5.50. The number of ether oxygens (including phenoxy) is 2. The van der Waals surface area contributed by atoms with Crippen LogP contribution in [-0.2, 0) is 0 Å². The molecule has 0 unspecified atom stereocenters. The van der Waals surface area contributed by atoms with E-state index in [4.69, 9.17) is 9.47 Å². The number of carbonyl (C=O) groups is 2. The lowest BCUT2D eigenvalue weighted by atomic mass is 10.0. The van der Waals surface area contributed by atoms with E-state index in [1.165, 1.54) is 32.1 Å². The first-order valence-electron chi connectivity index (χ1n) is 11.7. The van der Waals surface area contributed by atoms with Gasteiger partial charge in [-0.05, 0) is 61.9 Å². The second-order valence-corrected chi connectivity index (χ2v) is 8.25. The van der Waals surface area contributed by atoms with Gasteiger partial charge in [0.15, 0.2) is 5.78 Å². The third-order valence-corrected chi connectivity index (χ3v) is 5.50. The maximum Gasteiger partial charge on any atom is 0.343 e. The summed E-state index contributed by atoms with van der Waals surface area (Å²) in [4.78, 5) is 25.0. The highest BCUT2D eigenvalue weighted by molar-refractivity contribution is 6.09. The monoisotopic (exact) mass is 444 g/mol. The summed E-state index contributed by atoms with van der Waals surface area (Å²) in [5.74, 6) is 0.627. The molecule has 0 aliphatic rings. The molecule has 3 aromatic rings. The third kappa shape index (κ3) is 7.60. The molecule has 3 aromatic carbocycles. The van der Waals surface area contributed by atoms with Gasteiger partial charge in [-0.1, -0.05) is 68.9 Å². The van der Waals surface area contributed by atoms with E-state index < -0.39 is 5.97 Å². The van der Waals surface area contributed by atoms with Crippen LogP contribution < -0.4 is 9.47 Å². The van der Waals surface area contributed by atoms with Crippen molar-refractivity contribution in [1.29, 1.82) is 0 Å². The molecular formula is C29H32O4. The van der Waals surface area contributed by atoms with Crippen molar-refractivity contribution in [1.82, 2.24) is 0 Å². The molecule has 33 heavy (non-hydrogen) atoms. The summed E-state index contributed by atoms with van der Waals surface area (Å²) in [6, 6.07) is 21.0. The molecule has 172 valence electrons. The van der Waals surface area contributed by atoms with Crippen LogP contribution in [0.3, 0.4) is 0 Å². The number of unbranched alkanes of at least 4 members (excludes halogenated alkanes) is 5. The van der Waals surface area contributed by atoms with E-state index in [9.17, 15) is 9.59 Å². The zero-order chi connectivity index (χ0) is 23.5. The summed E-state index contributed by atoms with van der Waals surface area (Å²) >= 11 is 0. The Morgan fingerprint density at radius 3 is 1.79 bits per heavy atom. The molecule has 0 N–H and O–H groups in total. The minimum absolute atomic E-state index is 0.0653. The molecule has 4 heteroatoms. The van der Waals surface area contributed by atoms with Gasteiger partial charge in [-0.15, -0.1) is 0 Å². The highest BCUT2D eigenvalue weighted by Crippen LogP contribution is 2.19. The van der Waals surface area contributed by atoms with Crippen molar-refractivity contribution in [2.75, 3.05) is 6.61 Å². The number of aryl methyl sites for hydroxylation is 1. The number of benzene rings is 3. The first-order valence-corrected chi connectivity index (χ1v) is 11.7. The topological polar surface area (TPSA) is 52.6 Å². The lowest BCUT2D eigenvalue weighted by Gasteiger charge is -2.08. The highest BCUT2D eigenvalue weighted by Gasteiger charge is 2.12. The fourth-order valence-electron chi connectivity index (χ4n) is 3.47. The van der Waals surface area contributed by atoms with Crippen LogP contribution in [0.5, 0.6) is 11.5 Å². The normalized spacial score (nSPS) is 10.6. The summed E-state index contributed by atoms with van der Waals surface area (Å²) in [7, 11) is 0. The maximum absolute atomic E-state index is 12.6. The first-order chi connectivity index (χ1) is 16.1. The van der Waals surface area contributed by atoms with Gasteiger partial charge in [0.1, 0.15) is 11.5 Å². The van der Waals surface area contributed by atoms with Gasteiger partial charge in [-0.25, -0.2) is 4.79 Å². The van der Waals surface area contributed by atoms with E-state index in [2.05, 4.69) is 6.92 Å². The summed E-state index contributed by atoms with van der Waals surface area (Å²) < 4.78 is 11.2. The SMILES string of the molecule is CCCCCCCCOc1ccc(C(=O)Oc2ccc(C(=O)c3ccc(C)cc3)cc2)cc1. The quantitative estimate of drug-likeness (QED) is 0.128. The molecule has 0 heterocycles. The summed E-state index contributed by atoms with van der Waals surface area (Å²) in [5, 5.41) is 0. The molecule has 0 amide bonds. The van der Waals surface area contributed by atoms with Crippen molar-refractivity contribution in [2.24, 2.45) is 0 Å². The molecule has 0 aliphatic carbocycles. The van der Waals surface area contributed by atoms with E-state index in [1.54, 1.807) is 48.5 Å². The fourth-order valence-corrected chi connectivity index (χ4v) is 3.47. The zero-order valence-electron chi connectivity index (χ0n) is 19.5. The molecule has 0 aromatic heterocycles. The molecule has 4 nitrogen and oxygen atoms in total. The van der Waals surface area contributed by atoms with Crippen LogP contribution in [0.1, 0.15) is 77.3 Å². The van der Waals surface area contributed by atoms with Gasteiger partial charge < -0.3 is 9.47 Å². The minimum Gasteiger partial charge on any atom is -0.494 e. The Hall–Kier alpha value is -3.40. The molecule has 0 fully saturated rings. The molecule has 0 spiro atoms. The number of hydrogen-bond acceptors (Lipinski definition) is 4. The van der Waals surface area contributed by atoms with Crippen molar-refractivity contribution < 1.29 is 19.1 Å². The van der Waals surface area contributed by atoms with Crippen LogP contribution in [0, 0.1) is 6.92 Å². The molecule has 0 aliphatic heterocycles. The number of carbonyl (C=O) groups excluding carboxylic acids is 2. The minimum atomic E-state index is -0.449. The van der Waals surface area contributed by atoms with Crippen molar-refractivity contribution in [3.63, 3.8) is 0 Å². The first kappa shape index (κ1) is 24.2. The molecule has 0 saturated carbocycles. The Labute approximate surface area is 196 Å². The fraction of sp³-hybridized carbons (Fsp3) is 0.310. The predicted molar refractivity (Wildman–Crippen MR) is 131 cm³/mol. The Kier molecular flexibility index (Phi) is 9.25. The predicted octanol–water partition coefficient (Wildman–Crippen LogP) is 7.18.